The van der Waals surface area contributed by atoms with Crippen molar-refractivity contribution in [3.8, 4) is 0 Å². The third-order valence-electron chi connectivity index (χ3n) is 3.47. The highest BCUT2D eigenvalue weighted by molar-refractivity contribution is 5.78. The predicted octanol–water partition coefficient (Wildman–Crippen LogP) is 1.55. The molecule has 3 nitrogen and oxygen atoms in total. The van der Waals surface area contributed by atoms with Crippen molar-refractivity contribution in [2.75, 3.05) is 19.8 Å². The van der Waals surface area contributed by atoms with Crippen molar-refractivity contribution in [3.05, 3.63) is 0 Å². The Hall–Kier alpha value is -0.410. The van der Waals surface area contributed by atoms with Crippen LogP contribution in [0.2, 0.25) is 0 Å². The van der Waals surface area contributed by atoms with Crippen molar-refractivity contribution < 1.29 is 14.3 Å². The minimum atomic E-state index is -0.0349. The number of carbonyl (C=O) groups excluding carboxylic acids is 1. The zero-order valence-electron chi connectivity index (χ0n) is 8.75. The van der Waals surface area contributed by atoms with E-state index < -0.39 is 0 Å². The van der Waals surface area contributed by atoms with Gasteiger partial charge >= 0.3 is 0 Å². The van der Waals surface area contributed by atoms with Crippen LogP contribution in [0.25, 0.3) is 0 Å². The van der Waals surface area contributed by atoms with Gasteiger partial charge < -0.3 is 9.47 Å². The monoisotopic (exact) mass is 198 g/mol. The molecule has 0 aromatic heterocycles. The third kappa shape index (κ3) is 1.98. The summed E-state index contributed by atoms with van der Waals surface area (Å²) in [5, 5.41) is 0. The highest BCUT2D eigenvalue weighted by Crippen LogP contribution is 2.37. The lowest BCUT2D eigenvalue weighted by Crippen LogP contribution is -2.45. The van der Waals surface area contributed by atoms with Crippen molar-refractivity contribution in [3.63, 3.8) is 0 Å². The number of ketones is 1. The van der Waals surface area contributed by atoms with E-state index in [2.05, 4.69) is 0 Å². The molecule has 3 heteroatoms. The van der Waals surface area contributed by atoms with Gasteiger partial charge in [0, 0.05) is 25.7 Å². The van der Waals surface area contributed by atoms with Gasteiger partial charge in [-0.1, -0.05) is 0 Å². The maximum atomic E-state index is 11.3. The highest BCUT2D eigenvalue weighted by atomic mass is 16.5. The van der Waals surface area contributed by atoms with E-state index in [1.165, 1.54) is 0 Å². The van der Waals surface area contributed by atoms with Crippen LogP contribution in [-0.4, -0.2) is 31.2 Å². The van der Waals surface area contributed by atoms with Gasteiger partial charge in [-0.2, -0.15) is 0 Å². The highest BCUT2D eigenvalue weighted by Gasteiger charge is 2.40. The smallest absolute Gasteiger partial charge is 0.133 e. The Balaban J connectivity index is 2.01. The molecule has 0 aliphatic carbocycles. The number of hydrogen-bond donors (Lipinski definition) is 0. The summed E-state index contributed by atoms with van der Waals surface area (Å²) < 4.78 is 11.2. The molecule has 2 aliphatic heterocycles. The minimum Gasteiger partial charge on any atom is -0.381 e. The SMILES string of the molecule is CC(=O)C1CCOC2(CCOCC2)C1. The van der Waals surface area contributed by atoms with Crippen LogP contribution in [0, 0.1) is 5.92 Å². The Morgan fingerprint density at radius 2 is 2.00 bits per heavy atom. The Labute approximate surface area is 84.8 Å². The molecule has 1 atom stereocenters. The first-order chi connectivity index (χ1) is 6.72. The first-order valence-electron chi connectivity index (χ1n) is 5.44. The summed E-state index contributed by atoms with van der Waals surface area (Å²) in [5.74, 6) is 0.543. The zero-order chi connectivity index (χ0) is 10.0. The lowest BCUT2D eigenvalue weighted by atomic mass is 9.79. The van der Waals surface area contributed by atoms with E-state index in [1.54, 1.807) is 6.92 Å². The first kappa shape index (κ1) is 10.1. The molecule has 0 amide bonds. The lowest BCUT2D eigenvalue weighted by molar-refractivity contribution is -0.155. The molecule has 80 valence electrons. The average molecular weight is 198 g/mol. The summed E-state index contributed by atoms with van der Waals surface area (Å²) >= 11 is 0. The molecule has 2 heterocycles. The third-order valence-corrected chi connectivity index (χ3v) is 3.47. The van der Waals surface area contributed by atoms with E-state index in [4.69, 9.17) is 9.47 Å². The molecule has 2 fully saturated rings. The summed E-state index contributed by atoms with van der Waals surface area (Å²) in [7, 11) is 0. The molecule has 0 saturated carbocycles. The van der Waals surface area contributed by atoms with Gasteiger partial charge in [0.25, 0.3) is 0 Å². The quantitative estimate of drug-likeness (QED) is 0.641. The molecule has 14 heavy (non-hydrogen) atoms. The summed E-state index contributed by atoms with van der Waals surface area (Å²) in [6, 6.07) is 0. The standard InChI is InChI=1S/C11H18O3/c1-9(12)10-2-5-14-11(8-10)3-6-13-7-4-11/h10H,2-8H2,1H3. The van der Waals surface area contributed by atoms with Crippen LogP contribution in [0.4, 0.5) is 0 Å². The molecule has 0 radical (unpaired) electrons. The molecular formula is C11H18O3. The van der Waals surface area contributed by atoms with Gasteiger partial charge in [-0.05, 0) is 32.6 Å². The topological polar surface area (TPSA) is 35.5 Å². The number of ether oxygens (including phenoxy) is 2. The summed E-state index contributed by atoms with van der Waals surface area (Å²) in [5.41, 5.74) is -0.0349. The first-order valence-corrected chi connectivity index (χ1v) is 5.44. The number of hydrogen-bond acceptors (Lipinski definition) is 3. The fourth-order valence-electron chi connectivity index (χ4n) is 2.47. The van der Waals surface area contributed by atoms with Crippen molar-refractivity contribution in [2.45, 2.75) is 38.2 Å². The maximum absolute atomic E-state index is 11.3. The van der Waals surface area contributed by atoms with Crippen LogP contribution >= 0.6 is 0 Å². The lowest BCUT2D eigenvalue weighted by Gasteiger charge is -2.42. The molecule has 2 rings (SSSR count). The molecule has 2 aliphatic rings. The van der Waals surface area contributed by atoms with Gasteiger partial charge in [-0.3, -0.25) is 4.79 Å². The molecule has 1 spiro atoms. The van der Waals surface area contributed by atoms with Gasteiger partial charge in [0.05, 0.1) is 5.60 Å². The fourth-order valence-corrected chi connectivity index (χ4v) is 2.47. The molecular weight excluding hydrogens is 180 g/mol. The normalized spacial score (nSPS) is 31.6. The second-order valence-electron chi connectivity index (χ2n) is 4.44. The van der Waals surface area contributed by atoms with Gasteiger partial charge in [-0.15, -0.1) is 0 Å². The fraction of sp³-hybridized carbons (Fsp3) is 0.909. The molecule has 0 N–H and O–H groups in total. The van der Waals surface area contributed by atoms with E-state index in [-0.39, 0.29) is 11.5 Å². The van der Waals surface area contributed by atoms with E-state index >= 15 is 0 Å². The summed E-state index contributed by atoms with van der Waals surface area (Å²) in [6.07, 6.45) is 3.72. The molecule has 0 aromatic rings. The predicted molar refractivity (Wildman–Crippen MR) is 52.1 cm³/mol. The average Bonchev–Trinajstić information content (AvgIpc) is 2.19. The Morgan fingerprint density at radius 1 is 1.29 bits per heavy atom. The van der Waals surface area contributed by atoms with E-state index in [1.807, 2.05) is 0 Å². The van der Waals surface area contributed by atoms with E-state index in [9.17, 15) is 4.79 Å². The van der Waals surface area contributed by atoms with Gasteiger partial charge in [0.2, 0.25) is 0 Å². The molecule has 0 bridgehead atoms. The Kier molecular flexibility index (Phi) is 2.88. The van der Waals surface area contributed by atoms with Crippen LogP contribution in [0.3, 0.4) is 0 Å². The summed E-state index contributed by atoms with van der Waals surface area (Å²) in [6.45, 7) is 4.00. The largest absolute Gasteiger partial charge is 0.381 e. The Morgan fingerprint density at radius 3 is 2.64 bits per heavy atom. The Bertz CT molecular complexity index is 213. The molecule has 2 saturated heterocycles. The molecule has 1 unspecified atom stereocenters. The van der Waals surface area contributed by atoms with Crippen LogP contribution in [0.15, 0.2) is 0 Å². The van der Waals surface area contributed by atoms with Gasteiger partial charge in [0.15, 0.2) is 0 Å². The van der Waals surface area contributed by atoms with Crippen molar-refractivity contribution in [2.24, 2.45) is 5.92 Å². The van der Waals surface area contributed by atoms with Crippen molar-refractivity contribution >= 4 is 5.78 Å². The summed E-state index contributed by atoms with van der Waals surface area (Å²) in [4.78, 5) is 11.3. The zero-order valence-corrected chi connectivity index (χ0v) is 8.75. The second kappa shape index (κ2) is 3.99. The minimum absolute atomic E-state index is 0.0349. The van der Waals surface area contributed by atoms with Gasteiger partial charge in [-0.25, -0.2) is 0 Å². The van der Waals surface area contributed by atoms with Crippen LogP contribution < -0.4 is 0 Å². The molecule has 0 aromatic carbocycles. The number of Topliss-reactive ketones (excluding diaryl/α,β-unsaturated/α-hetero) is 1. The van der Waals surface area contributed by atoms with E-state index in [0.717, 1.165) is 45.5 Å². The van der Waals surface area contributed by atoms with Crippen molar-refractivity contribution in [1.82, 2.24) is 0 Å². The number of carbonyl (C=O) groups is 1. The van der Waals surface area contributed by atoms with Crippen LogP contribution in [0.5, 0.6) is 0 Å². The van der Waals surface area contributed by atoms with Crippen LogP contribution in [-0.2, 0) is 14.3 Å². The van der Waals surface area contributed by atoms with Gasteiger partial charge in [0.1, 0.15) is 5.78 Å². The number of rotatable bonds is 1. The van der Waals surface area contributed by atoms with Crippen molar-refractivity contribution in [1.29, 1.82) is 0 Å². The maximum Gasteiger partial charge on any atom is 0.133 e. The second-order valence-corrected chi connectivity index (χ2v) is 4.44. The van der Waals surface area contributed by atoms with Crippen LogP contribution in [0.1, 0.15) is 32.6 Å². The van der Waals surface area contributed by atoms with E-state index in [0.29, 0.717) is 5.78 Å².